The SMILES string of the molecule is CNCCCCC(C)=C=O. The predicted molar refractivity (Wildman–Crippen MR) is 42.7 cm³/mol. The van der Waals surface area contributed by atoms with Gasteiger partial charge in [0.25, 0.3) is 0 Å². The molecule has 0 rings (SSSR count). The first-order valence-corrected chi connectivity index (χ1v) is 3.66. The number of allylic oxidation sites excluding steroid dienone is 1. The van der Waals surface area contributed by atoms with Crippen molar-refractivity contribution in [2.24, 2.45) is 0 Å². The van der Waals surface area contributed by atoms with Crippen LogP contribution in [0.3, 0.4) is 0 Å². The molecule has 0 saturated carbocycles. The van der Waals surface area contributed by atoms with Gasteiger partial charge in [0.15, 0.2) is 0 Å². The van der Waals surface area contributed by atoms with Gasteiger partial charge in [-0.15, -0.1) is 0 Å². The van der Waals surface area contributed by atoms with E-state index in [1.54, 1.807) is 0 Å². The molecule has 2 nitrogen and oxygen atoms in total. The third-order valence-electron chi connectivity index (χ3n) is 1.40. The molecule has 0 fully saturated rings. The molecule has 0 spiro atoms. The Labute approximate surface area is 62.3 Å². The topological polar surface area (TPSA) is 29.1 Å². The van der Waals surface area contributed by atoms with Crippen molar-refractivity contribution in [2.75, 3.05) is 13.6 Å². The lowest BCUT2D eigenvalue weighted by molar-refractivity contribution is 0.565. The van der Waals surface area contributed by atoms with Crippen LogP contribution in [0, 0.1) is 0 Å². The minimum Gasteiger partial charge on any atom is -0.320 e. The predicted octanol–water partition coefficient (Wildman–Crippen LogP) is 1.15. The van der Waals surface area contributed by atoms with E-state index < -0.39 is 0 Å². The Morgan fingerprint density at radius 1 is 1.50 bits per heavy atom. The zero-order chi connectivity index (χ0) is 7.82. The van der Waals surface area contributed by atoms with Gasteiger partial charge in [0, 0.05) is 5.57 Å². The Bertz CT molecular complexity index is 125. The highest BCUT2D eigenvalue weighted by Gasteiger charge is 1.89. The number of hydrogen-bond acceptors (Lipinski definition) is 2. The van der Waals surface area contributed by atoms with Crippen LogP contribution in [0.2, 0.25) is 0 Å². The fourth-order valence-electron chi connectivity index (χ4n) is 0.743. The van der Waals surface area contributed by atoms with Gasteiger partial charge in [0.05, 0.1) is 0 Å². The lowest BCUT2D eigenvalue weighted by Gasteiger charge is -1.96. The molecular weight excluding hydrogens is 126 g/mol. The fourth-order valence-corrected chi connectivity index (χ4v) is 0.743. The number of rotatable bonds is 5. The van der Waals surface area contributed by atoms with Gasteiger partial charge in [-0.2, -0.15) is 0 Å². The molecule has 0 aromatic heterocycles. The molecule has 0 aliphatic heterocycles. The summed E-state index contributed by atoms with van der Waals surface area (Å²) in [5.74, 6) is 1.89. The normalized spacial score (nSPS) is 9.00. The molecule has 1 N–H and O–H groups in total. The zero-order valence-corrected chi connectivity index (χ0v) is 6.74. The van der Waals surface area contributed by atoms with E-state index in [2.05, 4.69) is 5.32 Å². The summed E-state index contributed by atoms with van der Waals surface area (Å²) >= 11 is 0. The minimum absolute atomic E-state index is 0.830. The van der Waals surface area contributed by atoms with Crippen molar-refractivity contribution in [2.45, 2.75) is 26.2 Å². The van der Waals surface area contributed by atoms with Crippen LogP contribution in [-0.2, 0) is 4.79 Å². The average Bonchev–Trinajstić information content (AvgIpc) is 1.98. The Balaban J connectivity index is 3.12. The summed E-state index contributed by atoms with van der Waals surface area (Å²) in [7, 11) is 1.93. The first-order valence-electron chi connectivity index (χ1n) is 3.66. The van der Waals surface area contributed by atoms with Crippen LogP contribution in [-0.4, -0.2) is 19.5 Å². The number of unbranched alkanes of at least 4 members (excludes halogenated alkanes) is 1. The van der Waals surface area contributed by atoms with Crippen LogP contribution in [0.4, 0.5) is 0 Å². The van der Waals surface area contributed by atoms with Crippen molar-refractivity contribution in [3.05, 3.63) is 5.57 Å². The molecule has 2 heteroatoms. The third-order valence-corrected chi connectivity index (χ3v) is 1.40. The molecule has 0 atom stereocenters. The van der Waals surface area contributed by atoms with Gasteiger partial charge < -0.3 is 5.32 Å². The molecule has 0 bridgehead atoms. The van der Waals surface area contributed by atoms with Gasteiger partial charge >= 0.3 is 0 Å². The highest BCUT2D eigenvalue weighted by atomic mass is 16.1. The number of carbonyl (C=O) groups excluding carboxylic acids is 1. The molecular formula is C8H15NO. The summed E-state index contributed by atoms with van der Waals surface area (Å²) in [5, 5.41) is 3.05. The summed E-state index contributed by atoms with van der Waals surface area (Å²) in [6.07, 6.45) is 3.11. The first-order chi connectivity index (χ1) is 4.81. The van der Waals surface area contributed by atoms with E-state index in [9.17, 15) is 4.79 Å². The Morgan fingerprint density at radius 2 is 2.20 bits per heavy atom. The molecule has 0 radical (unpaired) electrons. The van der Waals surface area contributed by atoms with Crippen molar-refractivity contribution >= 4 is 5.94 Å². The smallest absolute Gasteiger partial charge is 0.123 e. The van der Waals surface area contributed by atoms with Crippen LogP contribution in [0.25, 0.3) is 0 Å². The quantitative estimate of drug-likeness (QED) is 0.459. The second kappa shape index (κ2) is 6.53. The molecule has 0 unspecified atom stereocenters. The zero-order valence-electron chi connectivity index (χ0n) is 6.74. The van der Waals surface area contributed by atoms with Crippen molar-refractivity contribution in [1.82, 2.24) is 5.32 Å². The summed E-state index contributed by atoms with van der Waals surface area (Å²) in [4.78, 5) is 9.99. The van der Waals surface area contributed by atoms with Crippen LogP contribution in [0.1, 0.15) is 26.2 Å². The van der Waals surface area contributed by atoms with E-state index in [4.69, 9.17) is 0 Å². The van der Waals surface area contributed by atoms with Crippen LogP contribution < -0.4 is 5.32 Å². The third kappa shape index (κ3) is 5.54. The minimum atomic E-state index is 0.830. The molecule has 58 valence electrons. The van der Waals surface area contributed by atoms with Gasteiger partial charge in [0.2, 0.25) is 0 Å². The summed E-state index contributed by atoms with van der Waals surface area (Å²) in [6.45, 7) is 2.86. The second-order valence-corrected chi connectivity index (χ2v) is 2.44. The summed E-state index contributed by atoms with van der Waals surface area (Å²) < 4.78 is 0. The Kier molecular flexibility index (Phi) is 6.14. The fraction of sp³-hybridized carbons (Fsp3) is 0.750. The van der Waals surface area contributed by atoms with Crippen LogP contribution in [0.15, 0.2) is 5.57 Å². The van der Waals surface area contributed by atoms with Crippen molar-refractivity contribution in [3.8, 4) is 0 Å². The van der Waals surface area contributed by atoms with Gasteiger partial charge in [-0.25, -0.2) is 4.79 Å². The standard InChI is InChI=1S/C8H15NO/c1-8(7-10)5-3-4-6-9-2/h9H,3-6H2,1-2H3. The Morgan fingerprint density at radius 3 is 2.70 bits per heavy atom. The second-order valence-electron chi connectivity index (χ2n) is 2.44. The van der Waals surface area contributed by atoms with Crippen molar-refractivity contribution in [3.63, 3.8) is 0 Å². The molecule has 0 aliphatic carbocycles. The highest BCUT2D eigenvalue weighted by Crippen LogP contribution is 2.01. The van der Waals surface area contributed by atoms with Gasteiger partial charge in [0.1, 0.15) is 5.94 Å². The van der Waals surface area contributed by atoms with Crippen molar-refractivity contribution in [1.29, 1.82) is 0 Å². The van der Waals surface area contributed by atoms with E-state index >= 15 is 0 Å². The number of nitrogens with one attached hydrogen (secondary N) is 1. The van der Waals surface area contributed by atoms with E-state index in [1.807, 2.05) is 19.9 Å². The molecule has 0 heterocycles. The molecule has 0 aliphatic rings. The maximum Gasteiger partial charge on any atom is 0.123 e. The summed E-state index contributed by atoms with van der Waals surface area (Å²) in [6, 6.07) is 0. The molecule has 0 aromatic rings. The van der Waals surface area contributed by atoms with E-state index in [0.717, 1.165) is 31.4 Å². The van der Waals surface area contributed by atoms with Gasteiger partial charge in [-0.1, -0.05) is 0 Å². The molecule has 0 amide bonds. The van der Waals surface area contributed by atoms with E-state index in [0.29, 0.717) is 0 Å². The molecule has 0 saturated heterocycles. The van der Waals surface area contributed by atoms with E-state index in [-0.39, 0.29) is 0 Å². The maximum atomic E-state index is 9.99. The monoisotopic (exact) mass is 141 g/mol. The van der Waals surface area contributed by atoms with Crippen LogP contribution in [0.5, 0.6) is 0 Å². The first kappa shape index (κ1) is 9.41. The Hall–Kier alpha value is -0.590. The highest BCUT2D eigenvalue weighted by molar-refractivity contribution is 5.50. The van der Waals surface area contributed by atoms with E-state index in [1.165, 1.54) is 0 Å². The van der Waals surface area contributed by atoms with Gasteiger partial charge in [-0.3, -0.25) is 0 Å². The largest absolute Gasteiger partial charge is 0.320 e. The lowest BCUT2D eigenvalue weighted by atomic mass is 10.1. The molecule has 10 heavy (non-hydrogen) atoms. The van der Waals surface area contributed by atoms with Crippen LogP contribution >= 0.6 is 0 Å². The average molecular weight is 141 g/mol. The molecule has 0 aromatic carbocycles. The maximum absolute atomic E-state index is 9.99. The van der Waals surface area contributed by atoms with Crippen molar-refractivity contribution < 1.29 is 4.79 Å². The number of hydrogen-bond donors (Lipinski definition) is 1. The lowest BCUT2D eigenvalue weighted by Crippen LogP contribution is -2.06. The van der Waals surface area contributed by atoms with Gasteiger partial charge in [-0.05, 0) is 39.8 Å². The summed E-state index contributed by atoms with van der Waals surface area (Å²) in [5.41, 5.74) is 0.830.